The third kappa shape index (κ3) is 5.88. The zero-order chi connectivity index (χ0) is 29.3. The highest BCUT2D eigenvalue weighted by atomic mass is 32.2. The molecule has 6 nitrogen and oxygen atoms in total. The summed E-state index contributed by atoms with van der Waals surface area (Å²) in [5.41, 5.74) is 6.69. The number of thiophene rings is 2. The Morgan fingerprint density at radius 3 is 2.66 bits per heavy atom. The van der Waals surface area contributed by atoms with Crippen LogP contribution in [-0.4, -0.2) is 26.4 Å². The van der Waals surface area contributed by atoms with E-state index in [0.717, 1.165) is 42.6 Å². The number of amides is 1. The normalized spacial score (nSPS) is 15.0. The molecule has 0 spiro atoms. The third-order valence-corrected chi connectivity index (χ3v) is 11.6. The maximum atomic E-state index is 13.1. The summed E-state index contributed by atoms with van der Waals surface area (Å²) >= 11 is 4.68. The minimum atomic E-state index is -0.130. The van der Waals surface area contributed by atoms with Crippen LogP contribution in [0, 0.1) is 36.5 Å². The number of thioether (sulfide) groups is 1. The van der Waals surface area contributed by atoms with Crippen molar-refractivity contribution >= 4 is 45.3 Å². The standard InChI is InChI=1S/C32H37N5OS3/c1-7-32(5,6)22-13-14-23-24(16-33)30(41-26(23)15-22)34-27(38)18-40-31-36-35-29(37(31)8-2)25-17-39-20(4)28(25)21-11-9-19(3)10-12-21/h9-12,17,22H,7-8,13-15,18H2,1-6H3,(H,34,38). The maximum Gasteiger partial charge on any atom is 0.235 e. The van der Waals surface area contributed by atoms with Gasteiger partial charge >= 0.3 is 0 Å². The lowest BCUT2D eigenvalue weighted by Gasteiger charge is -2.36. The molecule has 1 aliphatic carbocycles. The zero-order valence-electron chi connectivity index (χ0n) is 24.6. The van der Waals surface area contributed by atoms with Gasteiger partial charge in [-0.2, -0.15) is 5.26 Å². The van der Waals surface area contributed by atoms with E-state index in [-0.39, 0.29) is 17.1 Å². The lowest BCUT2D eigenvalue weighted by atomic mass is 9.69. The van der Waals surface area contributed by atoms with Gasteiger partial charge in [0.05, 0.1) is 11.3 Å². The summed E-state index contributed by atoms with van der Waals surface area (Å²) < 4.78 is 2.08. The van der Waals surface area contributed by atoms with E-state index in [4.69, 9.17) is 0 Å². The number of nitriles is 1. The van der Waals surface area contributed by atoms with Gasteiger partial charge in [-0.25, -0.2) is 0 Å². The highest BCUT2D eigenvalue weighted by Gasteiger charge is 2.34. The van der Waals surface area contributed by atoms with Crippen LogP contribution in [0.2, 0.25) is 0 Å². The molecule has 5 rings (SSSR count). The molecule has 0 fully saturated rings. The van der Waals surface area contributed by atoms with Crippen molar-refractivity contribution in [2.45, 2.75) is 78.9 Å². The highest BCUT2D eigenvalue weighted by Crippen LogP contribution is 2.45. The molecular weight excluding hydrogens is 567 g/mol. The van der Waals surface area contributed by atoms with Crippen molar-refractivity contribution in [2.75, 3.05) is 11.1 Å². The highest BCUT2D eigenvalue weighted by molar-refractivity contribution is 7.99. The lowest BCUT2D eigenvalue weighted by Crippen LogP contribution is -2.28. The van der Waals surface area contributed by atoms with Gasteiger partial charge in [0.15, 0.2) is 11.0 Å². The van der Waals surface area contributed by atoms with Crippen molar-refractivity contribution in [1.29, 1.82) is 5.26 Å². The number of nitrogens with zero attached hydrogens (tertiary/aromatic N) is 4. The topological polar surface area (TPSA) is 83.6 Å². The van der Waals surface area contributed by atoms with Crippen molar-refractivity contribution in [3.8, 4) is 28.6 Å². The number of fused-ring (bicyclic) bond motifs is 1. The number of hydrogen-bond donors (Lipinski definition) is 1. The first-order valence-electron chi connectivity index (χ1n) is 14.2. The summed E-state index contributed by atoms with van der Waals surface area (Å²) in [6, 6.07) is 11.0. The number of aryl methyl sites for hydroxylation is 2. The van der Waals surface area contributed by atoms with E-state index in [2.05, 4.69) is 97.3 Å². The van der Waals surface area contributed by atoms with Crippen LogP contribution in [0.4, 0.5) is 5.00 Å². The van der Waals surface area contributed by atoms with Crippen molar-refractivity contribution in [3.63, 3.8) is 0 Å². The van der Waals surface area contributed by atoms with Gasteiger partial charge in [-0.15, -0.1) is 32.9 Å². The number of carbonyl (C=O) groups excluding carboxylic acids is 1. The lowest BCUT2D eigenvalue weighted by molar-refractivity contribution is -0.113. The molecule has 1 amide bonds. The molecule has 3 heterocycles. The molecule has 0 aliphatic heterocycles. The van der Waals surface area contributed by atoms with E-state index >= 15 is 0 Å². The Kier molecular flexibility index (Phi) is 8.74. The van der Waals surface area contributed by atoms with Gasteiger partial charge in [-0.1, -0.05) is 68.8 Å². The number of benzene rings is 1. The molecule has 0 saturated carbocycles. The van der Waals surface area contributed by atoms with E-state index in [1.165, 1.54) is 38.2 Å². The van der Waals surface area contributed by atoms with Gasteiger partial charge in [0.1, 0.15) is 11.1 Å². The van der Waals surface area contributed by atoms with Crippen LogP contribution >= 0.6 is 34.4 Å². The molecule has 0 radical (unpaired) electrons. The molecule has 3 aromatic heterocycles. The number of nitrogens with one attached hydrogen (secondary N) is 1. The maximum absolute atomic E-state index is 13.1. The SMILES string of the molecule is CCn1c(SCC(=O)Nc2sc3c(c2C#N)CCC(C(C)(C)CC)C3)nnc1-c1csc(C)c1-c1ccc(C)cc1. The Bertz CT molecular complexity index is 1600. The molecule has 41 heavy (non-hydrogen) atoms. The summed E-state index contributed by atoms with van der Waals surface area (Å²) in [6.45, 7) is 13.9. The molecule has 1 N–H and O–H groups in total. The molecule has 1 aliphatic rings. The molecule has 4 aromatic rings. The predicted molar refractivity (Wildman–Crippen MR) is 172 cm³/mol. The quantitative estimate of drug-likeness (QED) is 0.194. The average molecular weight is 604 g/mol. The second kappa shape index (κ2) is 12.1. The zero-order valence-corrected chi connectivity index (χ0v) is 27.1. The van der Waals surface area contributed by atoms with Crippen LogP contribution in [0.5, 0.6) is 0 Å². The minimum absolute atomic E-state index is 0.130. The number of aromatic nitrogens is 3. The molecule has 214 valence electrons. The van der Waals surface area contributed by atoms with E-state index in [1.54, 1.807) is 22.7 Å². The van der Waals surface area contributed by atoms with E-state index in [9.17, 15) is 10.1 Å². The van der Waals surface area contributed by atoms with E-state index in [0.29, 0.717) is 28.2 Å². The van der Waals surface area contributed by atoms with Crippen molar-refractivity contribution in [3.05, 3.63) is 56.1 Å². The van der Waals surface area contributed by atoms with Crippen LogP contribution in [0.15, 0.2) is 34.8 Å². The molecule has 0 saturated heterocycles. The summed E-state index contributed by atoms with van der Waals surface area (Å²) in [7, 11) is 0. The molecule has 1 aromatic carbocycles. The first kappa shape index (κ1) is 29.6. The van der Waals surface area contributed by atoms with Gasteiger partial charge in [0.2, 0.25) is 5.91 Å². The van der Waals surface area contributed by atoms with Crippen LogP contribution in [0.1, 0.15) is 67.0 Å². The fourth-order valence-electron chi connectivity index (χ4n) is 5.62. The second-order valence-corrected chi connectivity index (χ2v) is 14.6. The Morgan fingerprint density at radius 2 is 1.98 bits per heavy atom. The van der Waals surface area contributed by atoms with E-state index in [1.807, 2.05) is 0 Å². The Hall–Kier alpha value is -2.93. The van der Waals surface area contributed by atoms with Crippen molar-refractivity contribution in [2.24, 2.45) is 11.3 Å². The number of anilines is 1. The Labute approximate surface area is 255 Å². The van der Waals surface area contributed by atoms with Crippen molar-refractivity contribution in [1.82, 2.24) is 14.8 Å². The molecule has 1 unspecified atom stereocenters. The smallest absolute Gasteiger partial charge is 0.235 e. The van der Waals surface area contributed by atoms with Crippen LogP contribution in [-0.2, 0) is 24.2 Å². The minimum Gasteiger partial charge on any atom is -0.316 e. The van der Waals surface area contributed by atoms with Gasteiger partial charge in [-0.05, 0) is 62.5 Å². The fraction of sp³-hybridized carbons (Fsp3) is 0.438. The molecule has 1 atom stereocenters. The van der Waals surface area contributed by atoms with Gasteiger partial charge in [0.25, 0.3) is 0 Å². The average Bonchev–Trinajstić information content (AvgIpc) is 3.65. The molecule has 9 heteroatoms. The van der Waals surface area contributed by atoms with Crippen LogP contribution < -0.4 is 5.32 Å². The first-order valence-corrected chi connectivity index (χ1v) is 16.9. The number of hydrogen-bond acceptors (Lipinski definition) is 7. The van der Waals surface area contributed by atoms with E-state index < -0.39 is 0 Å². The van der Waals surface area contributed by atoms with Crippen LogP contribution in [0.25, 0.3) is 22.5 Å². The number of carbonyl (C=O) groups is 1. The summed E-state index contributed by atoms with van der Waals surface area (Å²) in [4.78, 5) is 15.6. The summed E-state index contributed by atoms with van der Waals surface area (Å²) in [6.07, 6.45) is 4.11. The molecular formula is C32H37N5OS3. The predicted octanol–water partition coefficient (Wildman–Crippen LogP) is 8.52. The van der Waals surface area contributed by atoms with Crippen LogP contribution in [0.3, 0.4) is 0 Å². The largest absolute Gasteiger partial charge is 0.316 e. The fourth-order valence-corrected chi connectivity index (χ4v) is 8.58. The second-order valence-electron chi connectivity index (χ2n) is 11.4. The van der Waals surface area contributed by atoms with Gasteiger partial charge in [-0.3, -0.25) is 4.79 Å². The van der Waals surface area contributed by atoms with Gasteiger partial charge in [0, 0.05) is 32.8 Å². The Balaban J connectivity index is 1.31. The van der Waals surface area contributed by atoms with Gasteiger partial charge < -0.3 is 9.88 Å². The third-order valence-electron chi connectivity index (χ3n) is 8.57. The first-order chi connectivity index (χ1) is 19.7. The Morgan fingerprint density at radius 1 is 1.22 bits per heavy atom. The monoisotopic (exact) mass is 603 g/mol. The van der Waals surface area contributed by atoms with Crippen molar-refractivity contribution < 1.29 is 4.79 Å². The summed E-state index contributed by atoms with van der Waals surface area (Å²) in [5, 5.41) is 25.6. The summed E-state index contributed by atoms with van der Waals surface area (Å²) in [5.74, 6) is 1.48. The molecule has 0 bridgehead atoms. The number of rotatable bonds is 9.